The summed E-state index contributed by atoms with van der Waals surface area (Å²) in [7, 11) is 0. The number of carbonyl (C=O) groups excluding carboxylic acids is 1. The van der Waals surface area contributed by atoms with Crippen LogP contribution in [0.1, 0.15) is 19.4 Å². The van der Waals surface area contributed by atoms with Gasteiger partial charge in [-0.3, -0.25) is 14.9 Å². The number of likely N-dealkylation sites (N-methyl/N-ethyl adjacent to an activating group) is 1. The minimum absolute atomic E-state index is 0.114. The lowest BCUT2D eigenvalue weighted by atomic mass is 9.99. The van der Waals surface area contributed by atoms with Crippen LogP contribution in [-0.4, -0.2) is 91.0 Å². The molecule has 184 valence electrons. The van der Waals surface area contributed by atoms with Gasteiger partial charge in [-0.15, -0.1) is 0 Å². The van der Waals surface area contributed by atoms with Crippen LogP contribution in [0.25, 0.3) is 6.08 Å². The second-order valence-corrected chi connectivity index (χ2v) is 7.14. The Labute approximate surface area is 192 Å². The van der Waals surface area contributed by atoms with E-state index in [4.69, 9.17) is 14.6 Å². The van der Waals surface area contributed by atoms with E-state index in [9.17, 15) is 45.4 Å². The maximum atomic E-state index is 12.5. The average molecular weight is 481 g/mol. The number of aliphatic hydroxyl groups excluding tert-OH is 3. The highest BCUT2D eigenvalue weighted by Crippen LogP contribution is 2.39. The molecule has 5 N–H and O–H groups in total. The van der Waals surface area contributed by atoms with Crippen LogP contribution in [-0.2, 0) is 14.3 Å². The predicted molar refractivity (Wildman–Crippen MR) is 111 cm³/mol. The fraction of sp³-hybridized carbons (Fsp3) is 0.450. The Bertz CT molecular complexity index is 1030. The van der Waals surface area contributed by atoms with Crippen molar-refractivity contribution in [3.05, 3.63) is 33.4 Å². The van der Waals surface area contributed by atoms with Crippen molar-refractivity contribution in [1.29, 1.82) is 5.26 Å². The van der Waals surface area contributed by atoms with Gasteiger partial charge in [-0.2, -0.15) is 5.26 Å². The van der Waals surface area contributed by atoms with Crippen LogP contribution in [0.2, 0.25) is 0 Å². The van der Waals surface area contributed by atoms with Gasteiger partial charge in [0.1, 0.15) is 30.0 Å². The number of aromatic hydroxyl groups is 1. The number of ether oxygens (including phenoxy) is 2. The van der Waals surface area contributed by atoms with Crippen molar-refractivity contribution in [3.8, 4) is 17.6 Å². The van der Waals surface area contributed by atoms with Crippen molar-refractivity contribution in [2.24, 2.45) is 0 Å². The number of nitro groups is 1. The summed E-state index contributed by atoms with van der Waals surface area (Å²) in [5, 5.41) is 70.0. The van der Waals surface area contributed by atoms with Gasteiger partial charge in [0.05, 0.1) is 4.92 Å². The molecule has 1 aliphatic rings. The van der Waals surface area contributed by atoms with Gasteiger partial charge in [0.15, 0.2) is 11.9 Å². The number of nitrogens with zero attached hydrogens (tertiary/aromatic N) is 3. The molecule has 1 aromatic carbocycles. The van der Waals surface area contributed by atoms with Gasteiger partial charge in [-0.1, -0.05) is 0 Å². The number of carbonyl (C=O) groups is 2. The minimum atomic E-state index is -2.02. The van der Waals surface area contributed by atoms with Crippen molar-refractivity contribution in [2.45, 2.75) is 44.6 Å². The van der Waals surface area contributed by atoms with Gasteiger partial charge in [-0.25, -0.2) is 4.79 Å². The molecule has 2 rings (SSSR count). The molecule has 34 heavy (non-hydrogen) atoms. The molecule has 0 aliphatic carbocycles. The molecule has 0 radical (unpaired) electrons. The lowest BCUT2D eigenvalue weighted by Gasteiger charge is -2.38. The molecule has 0 aromatic heterocycles. The van der Waals surface area contributed by atoms with Crippen LogP contribution < -0.4 is 4.74 Å². The van der Waals surface area contributed by atoms with Gasteiger partial charge < -0.3 is 39.9 Å². The fourth-order valence-electron chi connectivity index (χ4n) is 3.19. The maximum Gasteiger partial charge on any atom is 0.335 e. The monoisotopic (exact) mass is 481 g/mol. The number of amides is 1. The number of nitro benzene ring substituents is 1. The van der Waals surface area contributed by atoms with Gasteiger partial charge in [0, 0.05) is 19.2 Å². The van der Waals surface area contributed by atoms with Crippen LogP contribution >= 0.6 is 0 Å². The highest BCUT2D eigenvalue weighted by molar-refractivity contribution is 6.01. The number of nitriles is 1. The van der Waals surface area contributed by atoms with Crippen LogP contribution in [0.4, 0.5) is 5.69 Å². The van der Waals surface area contributed by atoms with E-state index in [1.807, 2.05) is 0 Å². The Morgan fingerprint density at radius 1 is 1.24 bits per heavy atom. The number of aliphatic hydroxyl groups is 3. The zero-order valence-corrected chi connectivity index (χ0v) is 18.1. The number of phenolic OH excluding ortho intramolecular Hbond substituents is 1. The number of hydrogen-bond acceptors (Lipinski definition) is 11. The third kappa shape index (κ3) is 5.41. The van der Waals surface area contributed by atoms with E-state index in [0.29, 0.717) is 13.1 Å². The lowest BCUT2D eigenvalue weighted by Crippen LogP contribution is -2.61. The molecular weight excluding hydrogens is 458 g/mol. The van der Waals surface area contributed by atoms with E-state index in [2.05, 4.69) is 0 Å². The summed E-state index contributed by atoms with van der Waals surface area (Å²) < 4.78 is 10.2. The number of hydrogen-bond donors (Lipinski definition) is 5. The highest BCUT2D eigenvalue weighted by atomic mass is 16.7. The van der Waals surface area contributed by atoms with Crippen LogP contribution in [0.15, 0.2) is 17.7 Å². The van der Waals surface area contributed by atoms with Crippen molar-refractivity contribution in [1.82, 2.24) is 4.90 Å². The van der Waals surface area contributed by atoms with Crippen LogP contribution in [0.5, 0.6) is 11.5 Å². The molecule has 0 saturated carbocycles. The van der Waals surface area contributed by atoms with E-state index < -0.39 is 64.7 Å². The summed E-state index contributed by atoms with van der Waals surface area (Å²) in [6.45, 7) is 3.99. The van der Waals surface area contributed by atoms with E-state index in [1.54, 1.807) is 19.9 Å². The molecule has 1 aliphatic heterocycles. The summed E-state index contributed by atoms with van der Waals surface area (Å²) in [6.07, 6.45) is -8.97. The molecule has 0 spiro atoms. The third-order valence-corrected chi connectivity index (χ3v) is 5.04. The minimum Gasteiger partial charge on any atom is -0.500 e. The lowest BCUT2D eigenvalue weighted by molar-refractivity contribution is -0.386. The summed E-state index contributed by atoms with van der Waals surface area (Å²) in [6, 6.07) is 3.56. The van der Waals surface area contributed by atoms with Gasteiger partial charge in [0.25, 0.3) is 5.91 Å². The summed E-state index contributed by atoms with van der Waals surface area (Å²) in [5.41, 5.74) is -1.37. The number of aliphatic carboxylic acids is 1. The molecule has 1 fully saturated rings. The summed E-state index contributed by atoms with van der Waals surface area (Å²) in [4.78, 5) is 35.5. The number of benzene rings is 1. The Kier molecular flexibility index (Phi) is 8.49. The first-order chi connectivity index (χ1) is 16.0. The topological polar surface area (TPSA) is 224 Å². The Morgan fingerprint density at radius 2 is 1.85 bits per heavy atom. The molecule has 0 unspecified atom stereocenters. The average Bonchev–Trinajstić information content (AvgIpc) is 2.79. The molecular formula is C20H23N3O11. The van der Waals surface area contributed by atoms with Gasteiger partial charge in [0.2, 0.25) is 12.0 Å². The van der Waals surface area contributed by atoms with Crippen molar-refractivity contribution < 1.29 is 49.5 Å². The Balaban J connectivity index is 2.51. The van der Waals surface area contributed by atoms with Gasteiger partial charge in [-0.05, 0) is 31.6 Å². The second-order valence-electron chi connectivity index (χ2n) is 7.14. The fourth-order valence-corrected chi connectivity index (χ4v) is 3.19. The van der Waals surface area contributed by atoms with Crippen LogP contribution in [0, 0.1) is 21.4 Å². The normalized spacial score (nSPS) is 24.7. The first kappa shape index (κ1) is 26.5. The number of carboxylic acid groups (broad SMARTS) is 1. The van der Waals surface area contributed by atoms with E-state index in [0.717, 1.165) is 18.2 Å². The van der Waals surface area contributed by atoms with Crippen molar-refractivity contribution in [2.75, 3.05) is 13.1 Å². The predicted octanol–water partition coefficient (Wildman–Crippen LogP) is -0.653. The molecule has 1 heterocycles. The second kappa shape index (κ2) is 10.9. The third-order valence-electron chi connectivity index (χ3n) is 5.04. The first-order valence-electron chi connectivity index (χ1n) is 9.98. The standard InChI is InChI=1S/C20H23N3O11/c1-3-22(4-2)18(28)10(8-21)5-9-6-11(23(31)32)13(24)12(7-9)33-20-16(27)14(25)15(26)17(34-20)19(29)30/h5-7,14-17,20,24-27H,3-4H2,1-2H3,(H,29,30)/b10-5-/t14-,15-,16+,17-,20+/m0/s1. The molecule has 5 atom stereocenters. The number of rotatable bonds is 8. The molecule has 1 amide bonds. The molecule has 14 heteroatoms. The van der Waals surface area contributed by atoms with Gasteiger partial charge >= 0.3 is 11.7 Å². The van der Waals surface area contributed by atoms with Crippen molar-refractivity contribution >= 4 is 23.6 Å². The first-order valence-corrected chi connectivity index (χ1v) is 9.98. The Morgan fingerprint density at radius 3 is 2.35 bits per heavy atom. The van der Waals surface area contributed by atoms with Crippen LogP contribution in [0.3, 0.4) is 0 Å². The summed E-state index contributed by atoms with van der Waals surface area (Å²) in [5.74, 6) is -4.03. The maximum absolute atomic E-state index is 12.5. The quantitative estimate of drug-likeness (QED) is 0.135. The SMILES string of the molecule is CCN(CC)C(=O)/C(C#N)=C\c1cc(O[C@@H]2O[C@H](C(=O)O)[C@@H](O)[C@H](O)[C@H]2O)c(O)c([N+](=O)[O-])c1. The van der Waals surface area contributed by atoms with Crippen molar-refractivity contribution in [3.63, 3.8) is 0 Å². The largest absolute Gasteiger partial charge is 0.500 e. The zero-order chi connectivity index (χ0) is 25.7. The molecule has 1 aromatic rings. The molecule has 0 bridgehead atoms. The zero-order valence-electron chi connectivity index (χ0n) is 18.1. The summed E-state index contributed by atoms with van der Waals surface area (Å²) >= 11 is 0. The highest BCUT2D eigenvalue weighted by Gasteiger charge is 2.48. The number of phenols is 1. The molecule has 14 nitrogen and oxygen atoms in total. The smallest absolute Gasteiger partial charge is 0.335 e. The Hall–Kier alpha value is -3.77. The van der Waals surface area contributed by atoms with E-state index in [-0.39, 0.29) is 11.1 Å². The van der Waals surface area contributed by atoms with E-state index >= 15 is 0 Å². The molecule has 1 saturated heterocycles. The van der Waals surface area contributed by atoms with E-state index in [1.165, 1.54) is 4.90 Å². The number of carboxylic acids is 1.